The molecule has 1 aliphatic heterocycles. The molecule has 1 aromatic carbocycles. The van der Waals surface area contributed by atoms with Crippen molar-refractivity contribution in [2.75, 3.05) is 19.8 Å². The zero-order chi connectivity index (χ0) is 13.9. The Morgan fingerprint density at radius 1 is 1.26 bits per heavy atom. The van der Waals surface area contributed by atoms with Crippen molar-refractivity contribution in [1.29, 1.82) is 0 Å². The third-order valence-corrected chi connectivity index (χ3v) is 4.14. The molecule has 1 heterocycles. The maximum atomic E-state index is 5.63. The van der Waals surface area contributed by atoms with Crippen LogP contribution >= 0.6 is 15.9 Å². The fourth-order valence-corrected chi connectivity index (χ4v) is 2.54. The van der Waals surface area contributed by atoms with E-state index in [9.17, 15) is 0 Å². The predicted octanol–water partition coefficient (Wildman–Crippen LogP) is 3.75. The van der Waals surface area contributed by atoms with Crippen LogP contribution in [0.3, 0.4) is 0 Å². The van der Waals surface area contributed by atoms with Crippen molar-refractivity contribution in [1.82, 2.24) is 5.32 Å². The highest BCUT2D eigenvalue weighted by molar-refractivity contribution is 9.10. The van der Waals surface area contributed by atoms with Crippen molar-refractivity contribution in [2.45, 2.75) is 33.7 Å². The van der Waals surface area contributed by atoms with Gasteiger partial charge in [0.05, 0.1) is 4.47 Å². The van der Waals surface area contributed by atoms with Crippen LogP contribution in [0.15, 0.2) is 16.6 Å². The maximum absolute atomic E-state index is 5.63. The van der Waals surface area contributed by atoms with E-state index in [1.54, 1.807) is 0 Å². The molecule has 0 spiro atoms. The molecule has 0 bridgehead atoms. The van der Waals surface area contributed by atoms with Gasteiger partial charge in [-0.05, 0) is 45.5 Å². The highest BCUT2D eigenvalue weighted by Crippen LogP contribution is 2.38. The molecular weight excluding hydrogens is 306 g/mol. The highest BCUT2D eigenvalue weighted by Gasteiger charge is 2.17. The van der Waals surface area contributed by atoms with Crippen molar-refractivity contribution < 1.29 is 9.47 Å². The van der Waals surface area contributed by atoms with Gasteiger partial charge in [0.15, 0.2) is 11.5 Å². The second-order valence-electron chi connectivity index (χ2n) is 5.72. The average molecular weight is 328 g/mol. The van der Waals surface area contributed by atoms with E-state index in [1.807, 2.05) is 0 Å². The molecule has 0 aliphatic carbocycles. The second-order valence-corrected chi connectivity index (χ2v) is 6.58. The summed E-state index contributed by atoms with van der Waals surface area (Å²) in [6, 6.07) is 4.16. The number of halogens is 1. The summed E-state index contributed by atoms with van der Waals surface area (Å²) in [6.45, 7) is 9.88. The largest absolute Gasteiger partial charge is 0.486 e. The number of rotatable bonds is 5. The SMILES string of the molecule is CCC(C)(C)CNCc1cc(Br)c2c(c1)OCCO2. The van der Waals surface area contributed by atoms with Crippen LogP contribution < -0.4 is 14.8 Å². The minimum Gasteiger partial charge on any atom is -0.486 e. The lowest BCUT2D eigenvalue weighted by molar-refractivity contribution is 0.170. The van der Waals surface area contributed by atoms with Gasteiger partial charge in [0.1, 0.15) is 13.2 Å². The van der Waals surface area contributed by atoms with E-state index in [0.717, 1.165) is 29.1 Å². The molecule has 1 N–H and O–H groups in total. The van der Waals surface area contributed by atoms with Gasteiger partial charge in [-0.3, -0.25) is 0 Å². The zero-order valence-corrected chi connectivity index (χ0v) is 13.5. The van der Waals surface area contributed by atoms with E-state index in [0.29, 0.717) is 18.6 Å². The Bertz CT molecular complexity index is 446. The van der Waals surface area contributed by atoms with Crippen molar-refractivity contribution >= 4 is 15.9 Å². The normalized spacial score (nSPS) is 14.5. The third kappa shape index (κ3) is 3.86. The lowest BCUT2D eigenvalue weighted by Crippen LogP contribution is -2.28. The topological polar surface area (TPSA) is 30.5 Å². The molecule has 3 nitrogen and oxygen atoms in total. The summed E-state index contributed by atoms with van der Waals surface area (Å²) in [7, 11) is 0. The van der Waals surface area contributed by atoms with E-state index in [1.165, 1.54) is 12.0 Å². The van der Waals surface area contributed by atoms with Crippen molar-refractivity contribution in [2.24, 2.45) is 5.41 Å². The highest BCUT2D eigenvalue weighted by atomic mass is 79.9. The second kappa shape index (κ2) is 6.14. The van der Waals surface area contributed by atoms with Gasteiger partial charge in [-0.2, -0.15) is 0 Å². The molecule has 0 unspecified atom stereocenters. The monoisotopic (exact) mass is 327 g/mol. The first kappa shape index (κ1) is 14.7. The van der Waals surface area contributed by atoms with Gasteiger partial charge >= 0.3 is 0 Å². The van der Waals surface area contributed by atoms with Crippen molar-refractivity contribution in [3.8, 4) is 11.5 Å². The summed E-state index contributed by atoms with van der Waals surface area (Å²) in [5, 5.41) is 3.51. The number of benzene rings is 1. The molecule has 106 valence electrons. The maximum Gasteiger partial charge on any atom is 0.175 e. The predicted molar refractivity (Wildman–Crippen MR) is 80.9 cm³/mol. The molecule has 1 aromatic rings. The van der Waals surface area contributed by atoms with Crippen LogP contribution in [-0.2, 0) is 6.54 Å². The smallest absolute Gasteiger partial charge is 0.175 e. The standard InChI is InChI=1S/C15H22BrNO2/c1-4-15(2,3)10-17-9-11-7-12(16)14-13(8-11)18-5-6-19-14/h7-8,17H,4-6,9-10H2,1-3H3. The lowest BCUT2D eigenvalue weighted by atomic mass is 9.90. The summed E-state index contributed by atoms with van der Waals surface area (Å²) in [5.41, 5.74) is 1.55. The van der Waals surface area contributed by atoms with Crippen LogP contribution in [0.1, 0.15) is 32.8 Å². The third-order valence-electron chi connectivity index (χ3n) is 3.55. The van der Waals surface area contributed by atoms with E-state index < -0.39 is 0 Å². The van der Waals surface area contributed by atoms with Crippen LogP contribution in [0.5, 0.6) is 11.5 Å². The Balaban J connectivity index is 2.00. The van der Waals surface area contributed by atoms with Crippen molar-refractivity contribution in [3.63, 3.8) is 0 Å². The molecule has 1 aliphatic rings. The molecule has 0 fully saturated rings. The lowest BCUT2D eigenvalue weighted by Gasteiger charge is -2.24. The first-order valence-corrected chi connectivity index (χ1v) is 7.60. The summed E-state index contributed by atoms with van der Waals surface area (Å²) >= 11 is 3.55. The van der Waals surface area contributed by atoms with Crippen LogP contribution in [0, 0.1) is 5.41 Å². The average Bonchev–Trinajstić information content (AvgIpc) is 2.39. The van der Waals surface area contributed by atoms with Crippen LogP contribution in [0.2, 0.25) is 0 Å². The van der Waals surface area contributed by atoms with Gasteiger partial charge in [-0.15, -0.1) is 0 Å². The number of nitrogens with one attached hydrogen (secondary N) is 1. The molecule has 0 saturated heterocycles. The van der Waals surface area contributed by atoms with E-state index >= 15 is 0 Å². The molecule has 0 saturated carbocycles. The van der Waals surface area contributed by atoms with Gasteiger partial charge in [0.2, 0.25) is 0 Å². The Morgan fingerprint density at radius 2 is 2.00 bits per heavy atom. The molecule has 2 rings (SSSR count). The molecule has 4 heteroatoms. The number of hydrogen-bond acceptors (Lipinski definition) is 3. The summed E-state index contributed by atoms with van der Waals surface area (Å²) < 4.78 is 12.2. The van der Waals surface area contributed by atoms with Gasteiger partial charge in [-0.1, -0.05) is 20.8 Å². The molecule has 0 radical (unpaired) electrons. The Kier molecular flexibility index (Phi) is 4.74. The van der Waals surface area contributed by atoms with Gasteiger partial charge in [0.25, 0.3) is 0 Å². The molecular formula is C15H22BrNO2. The Morgan fingerprint density at radius 3 is 2.74 bits per heavy atom. The number of ether oxygens (including phenoxy) is 2. The Labute approximate surface area is 123 Å². The minimum atomic E-state index is 0.338. The van der Waals surface area contributed by atoms with Gasteiger partial charge in [0, 0.05) is 13.1 Å². The summed E-state index contributed by atoms with van der Waals surface area (Å²) in [4.78, 5) is 0. The molecule has 0 amide bonds. The summed E-state index contributed by atoms with van der Waals surface area (Å²) in [6.07, 6.45) is 1.17. The number of fused-ring (bicyclic) bond motifs is 1. The van der Waals surface area contributed by atoms with Gasteiger partial charge < -0.3 is 14.8 Å². The molecule has 0 atom stereocenters. The Hall–Kier alpha value is -0.740. The fourth-order valence-electron chi connectivity index (χ4n) is 1.94. The zero-order valence-electron chi connectivity index (χ0n) is 11.9. The van der Waals surface area contributed by atoms with Crippen LogP contribution in [-0.4, -0.2) is 19.8 Å². The van der Waals surface area contributed by atoms with Crippen LogP contribution in [0.25, 0.3) is 0 Å². The molecule has 0 aromatic heterocycles. The van der Waals surface area contributed by atoms with Crippen molar-refractivity contribution in [3.05, 3.63) is 22.2 Å². The fraction of sp³-hybridized carbons (Fsp3) is 0.600. The first-order chi connectivity index (χ1) is 9.02. The number of hydrogen-bond donors (Lipinski definition) is 1. The first-order valence-electron chi connectivity index (χ1n) is 6.80. The summed E-state index contributed by atoms with van der Waals surface area (Å²) in [5.74, 6) is 1.66. The quantitative estimate of drug-likeness (QED) is 0.893. The minimum absolute atomic E-state index is 0.338. The van der Waals surface area contributed by atoms with E-state index in [4.69, 9.17) is 9.47 Å². The van der Waals surface area contributed by atoms with E-state index in [2.05, 4.69) is 54.2 Å². The van der Waals surface area contributed by atoms with Crippen LogP contribution in [0.4, 0.5) is 0 Å². The van der Waals surface area contributed by atoms with E-state index in [-0.39, 0.29) is 0 Å². The molecule has 19 heavy (non-hydrogen) atoms. The van der Waals surface area contributed by atoms with Gasteiger partial charge in [-0.25, -0.2) is 0 Å².